The van der Waals surface area contributed by atoms with Crippen LogP contribution in [-0.4, -0.2) is 9.97 Å². The summed E-state index contributed by atoms with van der Waals surface area (Å²) in [5.74, 6) is 0. The molecule has 0 bridgehead atoms. The van der Waals surface area contributed by atoms with E-state index in [9.17, 15) is 4.79 Å². The SMILES string of the molecule is Cc1cc2[nH]c(C)c(-c3ccccc3)c2c(=O)[nH]1. The maximum atomic E-state index is 12.1. The lowest BCUT2D eigenvalue weighted by Crippen LogP contribution is -2.07. The third-order valence-electron chi connectivity index (χ3n) is 3.18. The Morgan fingerprint density at radius 1 is 1.00 bits per heavy atom. The largest absolute Gasteiger partial charge is 0.358 e. The van der Waals surface area contributed by atoms with Gasteiger partial charge < -0.3 is 9.97 Å². The summed E-state index contributed by atoms with van der Waals surface area (Å²) < 4.78 is 0. The highest BCUT2D eigenvalue weighted by atomic mass is 16.1. The van der Waals surface area contributed by atoms with Crippen molar-refractivity contribution in [2.45, 2.75) is 13.8 Å². The number of benzene rings is 1. The van der Waals surface area contributed by atoms with Gasteiger partial charge in [0.25, 0.3) is 5.56 Å². The van der Waals surface area contributed by atoms with E-state index >= 15 is 0 Å². The van der Waals surface area contributed by atoms with Crippen LogP contribution in [0.1, 0.15) is 11.4 Å². The van der Waals surface area contributed by atoms with Crippen LogP contribution in [0.5, 0.6) is 0 Å². The molecular formula is C15H14N2O. The molecule has 3 heteroatoms. The second-order valence-corrected chi connectivity index (χ2v) is 4.56. The van der Waals surface area contributed by atoms with Crippen LogP contribution >= 0.6 is 0 Å². The molecule has 0 aliphatic rings. The molecule has 0 aliphatic carbocycles. The molecule has 0 unspecified atom stereocenters. The van der Waals surface area contributed by atoms with Gasteiger partial charge in [-0.25, -0.2) is 0 Å². The molecule has 3 aromatic rings. The molecule has 0 saturated carbocycles. The third-order valence-corrected chi connectivity index (χ3v) is 3.18. The molecule has 18 heavy (non-hydrogen) atoms. The van der Waals surface area contributed by atoms with Gasteiger partial charge in [0, 0.05) is 17.0 Å². The summed E-state index contributed by atoms with van der Waals surface area (Å²) in [6.07, 6.45) is 0. The zero-order chi connectivity index (χ0) is 12.7. The molecule has 3 nitrogen and oxygen atoms in total. The van der Waals surface area contributed by atoms with Crippen LogP contribution < -0.4 is 5.56 Å². The van der Waals surface area contributed by atoms with E-state index in [1.54, 1.807) is 0 Å². The van der Waals surface area contributed by atoms with Crippen molar-refractivity contribution in [1.82, 2.24) is 9.97 Å². The Balaban J connectivity index is 2.44. The van der Waals surface area contributed by atoms with Crippen molar-refractivity contribution < 1.29 is 0 Å². The zero-order valence-corrected chi connectivity index (χ0v) is 10.4. The van der Waals surface area contributed by atoms with Crippen molar-refractivity contribution >= 4 is 10.9 Å². The fourth-order valence-corrected chi connectivity index (χ4v) is 2.45. The lowest BCUT2D eigenvalue weighted by atomic mass is 10.0. The van der Waals surface area contributed by atoms with Crippen molar-refractivity contribution in [3.8, 4) is 11.1 Å². The maximum absolute atomic E-state index is 12.1. The number of fused-ring (bicyclic) bond motifs is 1. The van der Waals surface area contributed by atoms with Crippen molar-refractivity contribution in [2.24, 2.45) is 0 Å². The molecule has 0 aliphatic heterocycles. The highest BCUT2D eigenvalue weighted by Gasteiger charge is 2.13. The number of aromatic nitrogens is 2. The lowest BCUT2D eigenvalue weighted by Gasteiger charge is -2.01. The summed E-state index contributed by atoms with van der Waals surface area (Å²) in [5.41, 5.74) is 4.81. The molecule has 0 fully saturated rings. The average Bonchev–Trinajstić information content (AvgIpc) is 2.66. The van der Waals surface area contributed by atoms with E-state index in [0.717, 1.165) is 33.4 Å². The summed E-state index contributed by atoms with van der Waals surface area (Å²) in [5, 5.41) is 0.740. The van der Waals surface area contributed by atoms with Gasteiger partial charge in [-0.15, -0.1) is 0 Å². The Morgan fingerprint density at radius 3 is 2.44 bits per heavy atom. The Labute approximate surface area is 104 Å². The smallest absolute Gasteiger partial charge is 0.258 e. The summed E-state index contributed by atoms with van der Waals surface area (Å²) >= 11 is 0. The molecule has 0 spiro atoms. The van der Waals surface area contributed by atoms with Gasteiger partial charge in [0.2, 0.25) is 0 Å². The predicted molar refractivity (Wildman–Crippen MR) is 73.8 cm³/mol. The number of rotatable bonds is 1. The maximum Gasteiger partial charge on any atom is 0.258 e. The third kappa shape index (κ3) is 1.56. The van der Waals surface area contributed by atoms with Crippen LogP contribution in [0.4, 0.5) is 0 Å². The fraction of sp³-hybridized carbons (Fsp3) is 0.133. The average molecular weight is 238 g/mol. The van der Waals surface area contributed by atoms with Gasteiger partial charge in [0.15, 0.2) is 0 Å². The minimum absolute atomic E-state index is 0.0341. The summed E-state index contributed by atoms with van der Waals surface area (Å²) in [7, 11) is 0. The molecule has 0 amide bonds. The van der Waals surface area contributed by atoms with Gasteiger partial charge in [0.1, 0.15) is 0 Å². The number of H-pyrrole nitrogens is 2. The van der Waals surface area contributed by atoms with E-state index in [2.05, 4.69) is 9.97 Å². The minimum atomic E-state index is -0.0341. The fourth-order valence-electron chi connectivity index (χ4n) is 2.45. The number of pyridine rings is 1. The standard InChI is InChI=1S/C15H14N2O/c1-9-8-12-14(15(18)16-9)13(10(2)17-12)11-6-4-3-5-7-11/h3-8,17H,1-2H3,(H,16,18). The van der Waals surface area contributed by atoms with E-state index in [4.69, 9.17) is 0 Å². The molecule has 2 N–H and O–H groups in total. The summed E-state index contributed by atoms with van der Waals surface area (Å²) in [4.78, 5) is 18.3. The van der Waals surface area contributed by atoms with Crippen LogP contribution in [-0.2, 0) is 0 Å². The molecule has 0 saturated heterocycles. The lowest BCUT2D eigenvalue weighted by molar-refractivity contribution is 1.17. The first-order chi connectivity index (χ1) is 8.66. The summed E-state index contributed by atoms with van der Waals surface area (Å²) in [6, 6.07) is 12.0. The van der Waals surface area contributed by atoms with Crippen LogP contribution in [0, 0.1) is 13.8 Å². The zero-order valence-electron chi connectivity index (χ0n) is 10.4. The van der Waals surface area contributed by atoms with Crippen molar-refractivity contribution in [3.05, 3.63) is 58.1 Å². The summed E-state index contributed by atoms with van der Waals surface area (Å²) in [6.45, 7) is 3.89. The van der Waals surface area contributed by atoms with E-state index in [1.165, 1.54) is 0 Å². The van der Waals surface area contributed by atoms with Crippen molar-refractivity contribution in [1.29, 1.82) is 0 Å². The molecule has 0 atom stereocenters. The predicted octanol–water partition coefficient (Wildman–Crippen LogP) is 3.14. The normalized spacial score (nSPS) is 11.0. The topological polar surface area (TPSA) is 48.6 Å². The second-order valence-electron chi connectivity index (χ2n) is 4.56. The van der Waals surface area contributed by atoms with Gasteiger partial charge in [-0.2, -0.15) is 0 Å². The van der Waals surface area contributed by atoms with Gasteiger partial charge in [0.05, 0.1) is 10.9 Å². The van der Waals surface area contributed by atoms with Gasteiger partial charge in [-0.3, -0.25) is 4.79 Å². The first kappa shape index (κ1) is 10.8. The molecule has 1 aromatic carbocycles. The van der Waals surface area contributed by atoms with Crippen LogP contribution in [0.15, 0.2) is 41.2 Å². The van der Waals surface area contributed by atoms with Crippen molar-refractivity contribution in [2.75, 3.05) is 0 Å². The monoisotopic (exact) mass is 238 g/mol. The Kier molecular flexibility index (Phi) is 2.33. The molecule has 2 heterocycles. The Morgan fingerprint density at radius 2 is 1.72 bits per heavy atom. The second kappa shape index (κ2) is 3.88. The first-order valence-electron chi connectivity index (χ1n) is 5.94. The van der Waals surface area contributed by atoms with Crippen LogP contribution in [0.3, 0.4) is 0 Å². The highest BCUT2D eigenvalue weighted by Crippen LogP contribution is 2.29. The first-order valence-corrected chi connectivity index (χ1v) is 5.94. The van der Waals surface area contributed by atoms with E-state index in [-0.39, 0.29) is 5.56 Å². The van der Waals surface area contributed by atoms with E-state index in [1.807, 2.05) is 50.2 Å². The van der Waals surface area contributed by atoms with E-state index in [0.29, 0.717) is 0 Å². The number of aryl methyl sites for hydroxylation is 2. The molecule has 90 valence electrons. The Bertz CT molecular complexity index is 766. The molecular weight excluding hydrogens is 224 g/mol. The van der Waals surface area contributed by atoms with Crippen molar-refractivity contribution in [3.63, 3.8) is 0 Å². The van der Waals surface area contributed by atoms with E-state index < -0.39 is 0 Å². The number of hydrogen-bond acceptors (Lipinski definition) is 1. The van der Waals surface area contributed by atoms with Gasteiger partial charge in [-0.05, 0) is 25.5 Å². The number of aromatic amines is 2. The van der Waals surface area contributed by atoms with Crippen LogP contribution in [0.25, 0.3) is 22.0 Å². The molecule has 3 rings (SSSR count). The number of nitrogens with one attached hydrogen (secondary N) is 2. The van der Waals surface area contributed by atoms with Gasteiger partial charge in [-0.1, -0.05) is 30.3 Å². The molecule has 2 aromatic heterocycles. The van der Waals surface area contributed by atoms with Gasteiger partial charge >= 0.3 is 0 Å². The highest BCUT2D eigenvalue weighted by molar-refractivity contribution is 5.96. The minimum Gasteiger partial charge on any atom is -0.358 e. The number of hydrogen-bond donors (Lipinski definition) is 2. The Hall–Kier alpha value is -2.29. The quantitative estimate of drug-likeness (QED) is 0.672. The van der Waals surface area contributed by atoms with Crippen LogP contribution in [0.2, 0.25) is 0 Å². The molecule has 0 radical (unpaired) electrons.